The first-order valence-corrected chi connectivity index (χ1v) is 16.5. The van der Waals surface area contributed by atoms with E-state index in [1.54, 1.807) is 24.3 Å². The van der Waals surface area contributed by atoms with Gasteiger partial charge in [0.2, 0.25) is 0 Å². The van der Waals surface area contributed by atoms with Gasteiger partial charge in [-0.3, -0.25) is 20.2 Å². The topological polar surface area (TPSA) is 96.1 Å². The summed E-state index contributed by atoms with van der Waals surface area (Å²) >= 11 is 2.30. The highest BCUT2D eigenvalue weighted by atomic mass is 32.1. The summed E-state index contributed by atoms with van der Waals surface area (Å²) in [6, 6.07) is 27.9. The molecule has 44 heavy (non-hydrogen) atoms. The van der Waals surface area contributed by atoms with Crippen LogP contribution in [0.25, 0.3) is 43.6 Å². The summed E-state index contributed by atoms with van der Waals surface area (Å²) in [7, 11) is 0. The Balaban J connectivity index is 1.59. The molecule has 0 bridgehead atoms. The van der Waals surface area contributed by atoms with Crippen molar-refractivity contribution in [2.45, 2.75) is 52.4 Å². The predicted octanol–water partition coefficient (Wildman–Crippen LogP) is 10.4. The van der Waals surface area contributed by atoms with Crippen LogP contribution in [0.5, 0.6) is 0 Å². The van der Waals surface area contributed by atoms with Gasteiger partial charge in [-0.2, -0.15) is 0 Å². The van der Waals surface area contributed by atoms with Gasteiger partial charge in [0.25, 0.3) is 0 Å². The maximum Gasteiger partial charge on any atom is 0.324 e. The highest BCUT2D eigenvalue weighted by Gasteiger charge is 2.24. The molecule has 10 heteroatoms. The first-order valence-electron chi connectivity index (χ1n) is 14.8. The smallest absolute Gasteiger partial charge is 0.307 e. The fourth-order valence-corrected chi connectivity index (χ4v) is 7.24. The molecule has 224 valence electrons. The standard InChI is InChI=1S/C34H32N4O4S2/c1-3-5-7-23-9-13-25(14-10-23)35-27-21-30(32-18-20-34(44-32)38(41)42)36(26-15-11-24(12-16-26)8-6-4-2)28(27)22-29(35)31-17-19-33(43-31)37(39)40/h9-22H,3-8H2,1-2H3. The molecule has 6 rings (SSSR count). The Labute approximate surface area is 263 Å². The minimum absolute atomic E-state index is 0.0875. The van der Waals surface area contributed by atoms with Gasteiger partial charge in [0, 0.05) is 23.5 Å². The zero-order chi connectivity index (χ0) is 30.8. The Bertz CT molecular complexity index is 1800. The zero-order valence-electron chi connectivity index (χ0n) is 24.6. The van der Waals surface area contributed by atoms with Crippen LogP contribution in [0.4, 0.5) is 10.0 Å². The van der Waals surface area contributed by atoms with Crippen molar-refractivity contribution in [2.24, 2.45) is 0 Å². The highest BCUT2D eigenvalue weighted by Crippen LogP contribution is 2.43. The first kappa shape index (κ1) is 29.5. The van der Waals surface area contributed by atoms with Gasteiger partial charge in [-0.1, -0.05) is 73.6 Å². The summed E-state index contributed by atoms with van der Waals surface area (Å²) in [5, 5.41) is 23.4. The lowest BCUT2D eigenvalue weighted by Crippen LogP contribution is -1.96. The number of hydrogen-bond donors (Lipinski definition) is 0. The summed E-state index contributed by atoms with van der Waals surface area (Å²) in [5.74, 6) is 0. The van der Waals surface area contributed by atoms with Crippen LogP contribution in [0.1, 0.15) is 50.7 Å². The van der Waals surface area contributed by atoms with Crippen molar-refractivity contribution >= 4 is 43.7 Å². The number of nitro groups is 2. The van der Waals surface area contributed by atoms with Gasteiger partial charge in [0.05, 0.1) is 42.0 Å². The van der Waals surface area contributed by atoms with Crippen molar-refractivity contribution in [3.8, 4) is 32.5 Å². The number of unbranched alkanes of at least 4 members (excludes halogenated alkanes) is 2. The number of hydrogen-bond acceptors (Lipinski definition) is 6. The maximum atomic E-state index is 11.6. The zero-order valence-corrected chi connectivity index (χ0v) is 26.2. The quantitative estimate of drug-likeness (QED) is 0.0999. The Kier molecular flexibility index (Phi) is 8.45. The molecule has 0 N–H and O–H groups in total. The van der Waals surface area contributed by atoms with Gasteiger partial charge < -0.3 is 9.13 Å². The molecular weight excluding hydrogens is 593 g/mol. The Hall–Kier alpha value is -4.54. The van der Waals surface area contributed by atoms with Gasteiger partial charge in [-0.15, -0.1) is 0 Å². The molecule has 0 atom stereocenters. The number of benzene rings is 2. The molecule has 0 saturated carbocycles. The molecule has 0 spiro atoms. The van der Waals surface area contributed by atoms with Crippen molar-refractivity contribution in [1.82, 2.24) is 9.13 Å². The van der Waals surface area contributed by atoms with Gasteiger partial charge in [0.1, 0.15) is 0 Å². The molecule has 0 aliphatic rings. The highest BCUT2D eigenvalue weighted by molar-refractivity contribution is 7.19. The molecule has 0 aliphatic heterocycles. The molecule has 2 aromatic carbocycles. The molecule has 0 saturated heterocycles. The molecule has 0 aliphatic carbocycles. The summed E-state index contributed by atoms with van der Waals surface area (Å²) in [5.41, 5.74) is 7.96. The summed E-state index contributed by atoms with van der Waals surface area (Å²) in [4.78, 5) is 24.0. The second-order valence-corrected chi connectivity index (χ2v) is 13.0. The Morgan fingerprint density at radius 2 is 0.977 bits per heavy atom. The summed E-state index contributed by atoms with van der Waals surface area (Å²) in [6.45, 7) is 4.36. The lowest BCUT2D eigenvalue weighted by molar-refractivity contribution is -0.380. The Morgan fingerprint density at radius 3 is 1.30 bits per heavy atom. The van der Waals surface area contributed by atoms with Crippen LogP contribution < -0.4 is 0 Å². The molecule has 0 fully saturated rings. The van der Waals surface area contributed by atoms with E-state index in [1.165, 1.54) is 11.1 Å². The van der Waals surface area contributed by atoms with E-state index < -0.39 is 0 Å². The van der Waals surface area contributed by atoms with E-state index in [0.717, 1.165) is 105 Å². The lowest BCUT2D eigenvalue weighted by Gasteiger charge is -2.11. The van der Waals surface area contributed by atoms with Crippen LogP contribution >= 0.6 is 22.7 Å². The van der Waals surface area contributed by atoms with Gasteiger partial charge in [-0.25, -0.2) is 0 Å². The number of fused-ring (bicyclic) bond motifs is 1. The van der Waals surface area contributed by atoms with Crippen LogP contribution in [0.3, 0.4) is 0 Å². The van der Waals surface area contributed by atoms with Crippen LogP contribution in [0.15, 0.2) is 84.9 Å². The molecular formula is C34H32N4O4S2. The average Bonchev–Trinajstić information content (AvgIpc) is 3.82. The van der Waals surface area contributed by atoms with Crippen molar-refractivity contribution in [3.05, 3.63) is 116 Å². The van der Waals surface area contributed by atoms with Crippen molar-refractivity contribution < 1.29 is 9.85 Å². The number of aryl methyl sites for hydroxylation is 2. The van der Waals surface area contributed by atoms with Gasteiger partial charge in [-0.05, 0) is 85.3 Å². The largest absolute Gasteiger partial charge is 0.324 e. The second-order valence-electron chi connectivity index (χ2n) is 10.8. The SMILES string of the molecule is CCCCc1ccc(-n2c(-c3ccc([N+](=O)[O-])s3)cc3c2cc(-c2ccc([N+](=O)[O-])s2)n3-c2ccc(CCCC)cc2)cc1. The number of nitrogens with zero attached hydrogens (tertiary/aromatic N) is 4. The maximum absolute atomic E-state index is 11.6. The minimum Gasteiger partial charge on any atom is -0.307 e. The third-order valence-electron chi connectivity index (χ3n) is 7.85. The van der Waals surface area contributed by atoms with Crippen LogP contribution in [-0.4, -0.2) is 19.0 Å². The van der Waals surface area contributed by atoms with E-state index in [0.29, 0.717) is 0 Å². The van der Waals surface area contributed by atoms with Crippen LogP contribution in [0.2, 0.25) is 0 Å². The fourth-order valence-electron chi connectivity index (χ4n) is 5.58. The normalized spacial score (nSPS) is 11.4. The second kappa shape index (κ2) is 12.6. The molecule has 4 heterocycles. The number of rotatable bonds is 12. The number of aromatic nitrogens is 2. The summed E-state index contributed by atoms with van der Waals surface area (Å²) in [6.07, 6.45) is 6.50. The molecule has 8 nitrogen and oxygen atoms in total. The van der Waals surface area contributed by atoms with Crippen molar-refractivity contribution in [3.63, 3.8) is 0 Å². The third-order valence-corrected chi connectivity index (χ3v) is 9.97. The minimum atomic E-state index is -0.355. The average molecular weight is 625 g/mol. The molecule has 0 amide bonds. The van der Waals surface area contributed by atoms with E-state index in [2.05, 4.69) is 83.6 Å². The van der Waals surface area contributed by atoms with Crippen molar-refractivity contribution in [2.75, 3.05) is 0 Å². The predicted molar refractivity (Wildman–Crippen MR) is 180 cm³/mol. The van der Waals surface area contributed by atoms with Gasteiger partial charge >= 0.3 is 10.0 Å². The van der Waals surface area contributed by atoms with Crippen LogP contribution in [-0.2, 0) is 12.8 Å². The van der Waals surface area contributed by atoms with E-state index in [9.17, 15) is 20.2 Å². The van der Waals surface area contributed by atoms with Crippen LogP contribution in [0, 0.1) is 20.2 Å². The third kappa shape index (κ3) is 5.70. The molecule has 6 aromatic rings. The fraction of sp³-hybridized carbons (Fsp3) is 0.235. The lowest BCUT2D eigenvalue weighted by atomic mass is 10.1. The van der Waals surface area contributed by atoms with E-state index >= 15 is 0 Å². The van der Waals surface area contributed by atoms with E-state index in [-0.39, 0.29) is 19.8 Å². The van der Waals surface area contributed by atoms with E-state index in [1.807, 2.05) is 0 Å². The van der Waals surface area contributed by atoms with Crippen molar-refractivity contribution in [1.29, 1.82) is 0 Å². The van der Waals surface area contributed by atoms with E-state index in [4.69, 9.17) is 0 Å². The molecule has 0 unspecified atom stereocenters. The van der Waals surface area contributed by atoms with Gasteiger partial charge in [0.15, 0.2) is 0 Å². The molecule has 4 aromatic heterocycles. The monoisotopic (exact) mass is 624 g/mol. The molecule has 0 radical (unpaired) electrons. The Morgan fingerprint density at radius 1 is 0.591 bits per heavy atom. The first-order chi connectivity index (χ1) is 21.4. The summed E-state index contributed by atoms with van der Waals surface area (Å²) < 4.78 is 4.29. The number of thiophene rings is 2.